The summed E-state index contributed by atoms with van der Waals surface area (Å²) in [5, 5.41) is 12.5. The number of aromatic nitrogens is 2. The highest BCUT2D eigenvalue weighted by Gasteiger charge is 2.19. The summed E-state index contributed by atoms with van der Waals surface area (Å²) in [4.78, 5) is 23.3. The van der Waals surface area contributed by atoms with Crippen molar-refractivity contribution in [3.8, 4) is 5.88 Å². The van der Waals surface area contributed by atoms with Crippen molar-refractivity contribution in [3.05, 3.63) is 57.5 Å². The Hall–Kier alpha value is -3.03. The molecule has 2 heterocycles. The summed E-state index contributed by atoms with van der Waals surface area (Å²) in [5.74, 6) is -3.81. The molecule has 0 unspecified atom stereocenters. The molecule has 2 aromatic heterocycles. The summed E-state index contributed by atoms with van der Waals surface area (Å²) in [5.41, 5.74) is -1.02. The van der Waals surface area contributed by atoms with E-state index in [9.17, 15) is 18.4 Å². The molecule has 22 heavy (non-hydrogen) atoms. The highest BCUT2D eigenvalue weighted by molar-refractivity contribution is 5.93. The van der Waals surface area contributed by atoms with Crippen LogP contribution in [-0.2, 0) is 0 Å². The van der Waals surface area contributed by atoms with Crippen LogP contribution >= 0.6 is 0 Å². The van der Waals surface area contributed by atoms with Crippen molar-refractivity contribution in [2.75, 3.05) is 0 Å². The maximum absolute atomic E-state index is 13.5. The Morgan fingerprint density at radius 2 is 1.95 bits per heavy atom. The maximum atomic E-state index is 13.5. The summed E-state index contributed by atoms with van der Waals surface area (Å²) < 4.78 is 33.0. The van der Waals surface area contributed by atoms with E-state index in [0.717, 1.165) is 16.8 Å². The van der Waals surface area contributed by atoms with Gasteiger partial charge in [-0.25, -0.2) is 13.6 Å². The van der Waals surface area contributed by atoms with Gasteiger partial charge < -0.3 is 9.63 Å². The van der Waals surface area contributed by atoms with Crippen molar-refractivity contribution in [1.29, 1.82) is 0 Å². The number of benzene rings is 1. The largest absolute Gasteiger partial charge is 0.477 e. The quantitative estimate of drug-likeness (QED) is 0.785. The van der Waals surface area contributed by atoms with Gasteiger partial charge in [0.1, 0.15) is 5.56 Å². The van der Waals surface area contributed by atoms with Crippen molar-refractivity contribution in [2.24, 2.45) is 0 Å². The molecule has 6 nitrogen and oxygen atoms in total. The zero-order chi connectivity index (χ0) is 16.0. The number of hydrogen-bond donors (Lipinski definition) is 1. The van der Waals surface area contributed by atoms with Crippen LogP contribution in [0.2, 0.25) is 0 Å². The monoisotopic (exact) mass is 306 g/mol. The predicted molar refractivity (Wildman–Crippen MR) is 71.2 cm³/mol. The topological polar surface area (TPSA) is 85.3 Å². The number of carbonyl (C=O) groups is 1. The van der Waals surface area contributed by atoms with Crippen molar-refractivity contribution >= 4 is 16.9 Å². The van der Waals surface area contributed by atoms with Crippen molar-refractivity contribution in [2.45, 2.75) is 6.92 Å². The van der Waals surface area contributed by atoms with Crippen molar-refractivity contribution in [1.82, 2.24) is 9.72 Å². The summed E-state index contributed by atoms with van der Waals surface area (Å²) in [7, 11) is 0. The number of carboxylic acids is 1. The molecule has 0 radical (unpaired) electrons. The molecule has 0 fully saturated rings. The number of fused-ring (bicyclic) bond motifs is 1. The van der Waals surface area contributed by atoms with Gasteiger partial charge in [-0.05, 0) is 13.0 Å². The third-order valence-electron chi connectivity index (χ3n) is 3.13. The van der Waals surface area contributed by atoms with E-state index in [1.54, 1.807) is 6.92 Å². The minimum atomic E-state index is -1.48. The normalized spacial score (nSPS) is 11.0. The van der Waals surface area contributed by atoms with E-state index in [0.29, 0.717) is 11.8 Å². The van der Waals surface area contributed by atoms with Gasteiger partial charge in [0.05, 0.1) is 16.6 Å². The third kappa shape index (κ3) is 2.05. The first-order chi connectivity index (χ1) is 10.4. The van der Waals surface area contributed by atoms with Gasteiger partial charge in [0.15, 0.2) is 11.6 Å². The minimum absolute atomic E-state index is 0.0231. The fourth-order valence-electron chi connectivity index (χ4n) is 2.12. The molecular formula is C14H8F2N2O4. The van der Waals surface area contributed by atoms with Gasteiger partial charge in [-0.1, -0.05) is 5.16 Å². The highest BCUT2D eigenvalue weighted by Crippen LogP contribution is 2.21. The number of halogens is 2. The minimum Gasteiger partial charge on any atom is -0.477 e. The molecule has 112 valence electrons. The van der Waals surface area contributed by atoms with Crippen molar-refractivity contribution in [3.63, 3.8) is 0 Å². The second-order valence-electron chi connectivity index (χ2n) is 4.64. The van der Waals surface area contributed by atoms with Crippen LogP contribution < -0.4 is 5.43 Å². The van der Waals surface area contributed by atoms with Crippen LogP contribution in [0.4, 0.5) is 8.78 Å². The molecule has 0 bridgehead atoms. The molecule has 0 saturated carbocycles. The molecule has 3 aromatic rings. The van der Waals surface area contributed by atoms with Crippen molar-refractivity contribution < 1.29 is 23.2 Å². The summed E-state index contributed by atoms with van der Waals surface area (Å²) in [6.45, 7) is 1.63. The van der Waals surface area contributed by atoms with Gasteiger partial charge >= 0.3 is 5.97 Å². The summed E-state index contributed by atoms with van der Waals surface area (Å²) >= 11 is 0. The number of nitrogens with zero attached hydrogens (tertiary/aromatic N) is 2. The Morgan fingerprint density at radius 1 is 1.27 bits per heavy atom. The lowest BCUT2D eigenvalue weighted by molar-refractivity contribution is 0.0695. The Kier molecular flexibility index (Phi) is 3.01. The van der Waals surface area contributed by atoms with Gasteiger partial charge in [0.25, 0.3) is 0 Å². The summed E-state index contributed by atoms with van der Waals surface area (Å²) in [6, 6.07) is 2.94. The lowest BCUT2D eigenvalue weighted by Crippen LogP contribution is -2.18. The zero-order valence-corrected chi connectivity index (χ0v) is 11.1. The first-order valence-electron chi connectivity index (χ1n) is 6.10. The average Bonchev–Trinajstić information content (AvgIpc) is 2.87. The fraction of sp³-hybridized carbons (Fsp3) is 0.0714. The first kappa shape index (κ1) is 13.9. The molecule has 1 aromatic carbocycles. The molecule has 0 spiro atoms. The predicted octanol–water partition coefficient (Wildman–Crippen LogP) is 2.26. The van der Waals surface area contributed by atoms with Crippen LogP contribution in [0.5, 0.6) is 0 Å². The van der Waals surface area contributed by atoms with E-state index < -0.39 is 28.6 Å². The smallest absolute Gasteiger partial charge is 0.341 e. The number of carboxylic acid groups (broad SMARTS) is 1. The fourth-order valence-corrected chi connectivity index (χ4v) is 2.12. The number of rotatable bonds is 2. The molecule has 0 aliphatic carbocycles. The van der Waals surface area contributed by atoms with Crippen LogP contribution in [0.25, 0.3) is 16.8 Å². The second kappa shape index (κ2) is 4.76. The van der Waals surface area contributed by atoms with E-state index >= 15 is 0 Å². The van der Waals surface area contributed by atoms with E-state index in [1.807, 2.05) is 0 Å². The van der Waals surface area contributed by atoms with Crippen LogP contribution in [0.1, 0.15) is 16.1 Å². The maximum Gasteiger partial charge on any atom is 0.341 e. The Morgan fingerprint density at radius 3 is 2.55 bits per heavy atom. The molecule has 1 N–H and O–H groups in total. The molecule has 8 heteroatoms. The molecule has 0 amide bonds. The number of hydrogen-bond acceptors (Lipinski definition) is 4. The van der Waals surface area contributed by atoms with Crippen LogP contribution in [-0.4, -0.2) is 20.8 Å². The number of aromatic carboxylic acids is 1. The Labute approximate surface area is 121 Å². The lowest BCUT2D eigenvalue weighted by atomic mass is 10.1. The van der Waals surface area contributed by atoms with E-state index in [2.05, 4.69) is 5.16 Å². The number of pyridine rings is 1. The third-order valence-corrected chi connectivity index (χ3v) is 3.13. The van der Waals surface area contributed by atoms with Gasteiger partial charge in [0.2, 0.25) is 11.3 Å². The molecule has 0 aliphatic heterocycles. The molecule has 0 saturated heterocycles. The molecule has 3 rings (SSSR count). The Bertz CT molecular complexity index is 975. The van der Waals surface area contributed by atoms with E-state index in [4.69, 9.17) is 9.63 Å². The molecular weight excluding hydrogens is 298 g/mol. The SMILES string of the molecule is Cc1cc(-n2cc(C(=O)O)c(=O)c3cc(F)c(F)cc32)on1. The Balaban J connectivity index is 2.49. The summed E-state index contributed by atoms with van der Waals surface area (Å²) in [6.07, 6.45) is 0.990. The average molecular weight is 306 g/mol. The zero-order valence-electron chi connectivity index (χ0n) is 11.1. The van der Waals surface area contributed by atoms with E-state index in [1.165, 1.54) is 6.07 Å². The first-order valence-corrected chi connectivity index (χ1v) is 6.10. The molecule has 0 atom stereocenters. The standard InChI is InChI=1S/C14H8F2N2O4/c1-6-2-12(22-17-6)18-5-8(14(20)21)13(19)7-3-9(15)10(16)4-11(7)18/h2-5H,1H3,(H,20,21). The molecule has 0 aliphatic rings. The van der Waals surface area contributed by atoms with Gasteiger partial charge in [0, 0.05) is 18.3 Å². The van der Waals surface area contributed by atoms with Gasteiger partial charge in [-0.2, -0.15) is 0 Å². The van der Waals surface area contributed by atoms with Crippen LogP contribution in [0.15, 0.2) is 33.7 Å². The van der Waals surface area contributed by atoms with Gasteiger partial charge in [-0.15, -0.1) is 0 Å². The second-order valence-corrected chi connectivity index (χ2v) is 4.64. The van der Waals surface area contributed by atoms with Crippen LogP contribution in [0, 0.1) is 18.6 Å². The highest BCUT2D eigenvalue weighted by atomic mass is 19.2. The number of aryl methyl sites for hydroxylation is 1. The lowest BCUT2D eigenvalue weighted by Gasteiger charge is -2.09. The van der Waals surface area contributed by atoms with E-state index in [-0.39, 0.29) is 16.8 Å². The van der Waals surface area contributed by atoms with Gasteiger partial charge in [-0.3, -0.25) is 9.36 Å². The van der Waals surface area contributed by atoms with Crippen LogP contribution in [0.3, 0.4) is 0 Å².